The van der Waals surface area contributed by atoms with Crippen molar-refractivity contribution in [2.24, 2.45) is 0 Å². The van der Waals surface area contributed by atoms with Crippen LogP contribution in [0.25, 0.3) is 0 Å². The van der Waals surface area contributed by atoms with E-state index >= 15 is 0 Å². The number of amides is 1. The maximum absolute atomic E-state index is 12.7. The van der Waals surface area contributed by atoms with Gasteiger partial charge in [0.2, 0.25) is 0 Å². The van der Waals surface area contributed by atoms with Gasteiger partial charge in [0, 0.05) is 38.3 Å². The van der Waals surface area contributed by atoms with Gasteiger partial charge < -0.3 is 19.2 Å². The van der Waals surface area contributed by atoms with Crippen molar-refractivity contribution in [3.8, 4) is 5.75 Å². The van der Waals surface area contributed by atoms with Crippen molar-refractivity contribution in [2.45, 2.75) is 19.6 Å². The fraction of sp³-hybridized carbons (Fsp3) is 0.421. The standard InChI is InChI=1S/C19H24N2O4/c1-15(22)13-20-8-10-21(11-9-20)19(23)18-16(7-12-24-18)14-25-17-5-3-2-4-6-17/h2-7,12,15,22H,8-11,13-14H2,1H3. The third-order valence-electron chi connectivity index (χ3n) is 4.26. The van der Waals surface area contributed by atoms with Gasteiger partial charge in [-0.3, -0.25) is 9.69 Å². The van der Waals surface area contributed by atoms with E-state index in [9.17, 15) is 9.90 Å². The fourth-order valence-electron chi connectivity index (χ4n) is 2.97. The van der Waals surface area contributed by atoms with Gasteiger partial charge in [0.05, 0.1) is 12.4 Å². The summed E-state index contributed by atoms with van der Waals surface area (Å²) in [6, 6.07) is 11.3. The molecule has 1 aliphatic rings. The number of furan rings is 1. The minimum atomic E-state index is -0.353. The predicted octanol–water partition coefficient (Wildman–Crippen LogP) is 2.00. The number of carbonyl (C=O) groups is 1. The number of ether oxygens (including phenoxy) is 1. The van der Waals surface area contributed by atoms with E-state index in [0.717, 1.165) is 24.4 Å². The van der Waals surface area contributed by atoms with Crippen LogP contribution in [0.1, 0.15) is 23.0 Å². The van der Waals surface area contributed by atoms with E-state index in [-0.39, 0.29) is 12.0 Å². The Bertz CT molecular complexity index is 676. The lowest BCUT2D eigenvalue weighted by atomic mass is 10.2. The number of nitrogens with zero attached hydrogens (tertiary/aromatic N) is 2. The molecule has 1 aromatic heterocycles. The third kappa shape index (κ3) is 4.61. The van der Waals surface area contributed by atoms with E-state index in [2.05, 4.69) is 4.90 Å². The summed E-state index contributed by atoms with van der Waals surface area (Å²) in [5.74, 6) is 1.00. The Morgan fingerprint density at radius 3 is 2.60 bits per heavy atom. The van der Waals surface area contributed by atoms with Crippen LogP contribution in [0.5, 0.6) is 5.75 Å². The second-order valence-corrected chi connectivity index (χ2v) is 6.32. The highest BCUT2D eigenvalue weighted by Gasteiger charge is 2.26. The Balaban J connectivity index is 1.57. The van der Waals surface area contributed by atoms with Crippen molar-refractivity contribution >= 4 is 5.91 Å². The first-order chi connectivity index (χ1) is 12.1. The molecular weight excluding hydrogens is 320 g/mol. The van der Waals surface area contributed by atoms with E-state index in [1.165, 1.54) is 6.26 Å². The Morgan fingerprint density at radius 1 is 1.20 bits per heavy atom. The second-order valence-electron chi connectivity index (χ2n) is 6.32. The molecule has 0 radical (unpaired) electrons. The van der Waals surface area contributed by atoms with E-state index in [1.807, 2.05) is 30.3 Å². The molecule has 1 atom stereocenters. The predicted molar refractivity (Wildman–Crippen MR) is 93.5 cm³/mol. The number of β-amino-alcohol motifs (C(OH)–C–C–N with tert-alkyl or cyclic N) is 1. The van der Waals surface area contributed by atoms with Crippen LogP contribution in [0, 0.1) is 0 Å². The van der Waals surface area contributed by atoms with Gasteiger partial charge >= 0.3 is 0 Å². The molecule has 0 spiro atoms. The molecule has 0 saturated carbocycles. The van der Waals surface area contributed by atoms with Gasteiger partial charge in [-0.05, 0) is 25.1 Å². The Morgan fingerprint density at radius 2 is 1.92 bits per heavy atom. The van der Waals surface area contributed by atoms with Crippen molar-refractivity contribution in [3.05, 3.63) is 54.0 Å². The lowest BCUT2D eigenvalue weighted by molar-refractivity contribution is 0.0525. The Hall–Kier alpha value is -2.31. The molecule has 6 nitrogen and oxygen atoms in total. The van der Waals surface area contributed by atoms with Crippen molar-refractivity contribution in [3.63, 3.8) is 0 Å². The molecule has 6 heteroatoms. The molecular formula is C19H24N2O4. The van der Waals surface area contributed by atoms with Crippen LogP contribution in [-0.4, -0.2) is 59.6 Å². The molecule has 3 rings (SSSR count). The maximum atomic E-state index is 12.7. The van der Waals surface area contributed by atoms with Gasteiger partial charge in [-0.1, -0.05) is 18.2 Å². The zero-order valence-electron chi connectivity index (χ0n) is 14.4. The minimum Gasteiger partial charge on any atom is -0.489 e. The summed E-state index contributed by atoms with van der Waals surface area (Å²) in [5, 5.41) is 9.47. The van der Waals surface area contributed by atoms with Crippen molar-refractivity contribution in [2.75, 3.05) is 32.7 Å². The van der Waals surface area contributed by atoms with Crippen molar-refractivity contribution < 1.29 is 19.1 Å². The highest BCUT2D eigenvalue weighted by Crippen LogP contribution is 2.18. The largest absolute Gasteiger partial charge is 0.489 e. The van der Waals surface area contributed by atoms with Crippen molar-refractivity contribution in [1.82, 2.24) is 9.80 Å². The second kappa shape index (κ2) is 8.18. The van der Waals surface area contributed by atoms with Crippen LogP contribution < -0.4 is 4.74 Å². The number of piperazine rings is 1. The summed E-state index contributed by atoms with van der Waals surface area (Å²) in [7, 11) is 0. The van der Waals surface area contributed by atoms with Gasteiger partial charge in [0.25, 0.3) is 5.91 Å². The number of carbonyl (C=O) groups excluding carboxylic acids is 1. The molecule has 1 aromatic carbocycles. The highest BCUT2D eigenvalue weighted by atomic mass is 16.5. The summed E-state index contributed by atoms with van der Waals surface area (Å²) < 4.78 is 11.2. The first kappa shape index (κ1) is 17.5. The summed E-state index contributed by atoms with van der Waals surface area (Å²) in [6.07, 6.45) is 1.18. The van der Waals surface area contributed by atoms with Gasteiger partial charge in [0.15, 0.2) is 5.76 Å². The van der Waals surface area contributed by atoms with Gasteiger partial charge in [-0.15, -0.1) is 0 Å². The van der Waals surface area contributed by atoms with Gasteiger partial charge in [0.1, 0.15) is 12.4 Å². The first-order valence-electron chi connectivity index (χ1n) is 8.57. The molecule has 2 heterocycles. The summed E-state index contributed by atoms with van der Waals surface area (Å²) in [6.45, 7) is 5.48. The quantitative estimate of drug-likeness (QED) is 0.868. The smallest absolute Gasteiger partial charge is 0.290 e. The maximum Gasteiger partial charge on any atom is 0.290 e. The fourth-order valence-corrected chi connectivity index (χ4v) is 2.97. The molecule has 1 N–H and O–H groups in total. The lowest BCUT2D eigenvalue weighted by Gasteiger charge is -2.34. The summed E-state index contributed by atoms with van der Waals surface area (Å²) in [4.78, 5) is 16.7. The zero-order chi connectivity index (χ0) is 17.6. The normalized spacial score (nSPS) is 16.6. The van der Waals surface area contributed by atoms with Gasteiger partial charge in [-0.25, -0.2) is 0 Å². The Labute approximate surface area is 147 Å². The number of para-hydroxylation sites is 1. The van der Waals surface area contributed by atoms with Crippen LogP contribution in [0.3, 0.4) is 0 Å². The van der Waals surface area contributed by atoms with E-state index in [1.54, 1.807) is 17.9 Å². The molecule has 134 valence electrons. The molecule has 1 unspecified atom stereocenters. The number of aliphatic hydroxyl groups excluding tert-OH is 1. The first-order valence-corrected chi connectivity index (χ1v) is 8.57. The molecule has 1 saturated heterocycles. The molecule has 0 bridgehead atoms. The molecule has 0 aliphatic carbocycles. The topological polar surface area (TPSA) is 66.2 Å². The van der Waals surface area contributed by atoms with E-state index < -0.39 is 0 Å². The van der Waals surface area contributed by atoms with Crippen molar-refractivity contribution in [1.29, 1.82) is 0 Å². The van der Waals surface area contributed by atoms with Gasteiger partial charge in [-0.2, -0.15) is 0 Å². The summed E-state index contributed by atoms with van der Waals surface area (Å²) >= 11 is 0. The average Bonchev–Trinajstić information content (AvgIpc) is 3.09. The monoisotopic (exact) mass is 344 g/mol. The van der Waals surface area contributed by atoms with E-state index in [0.29, 0.717) is 32.0 Å². The molecule has 2 aromatic rings. The summed E-state index contributed by atoms with van der Waals surface area (Å²) in [5.41, 5.74) is 0.750. The van der Waals surface area contributed by atoms with Crippen LogP contribution in [0.15, 0.2) is 47.1 Å². The molecule has 1 aliphatic heterocycles. The SMILES string of the molecule is CC(O)CN1CCN(C(=O)c2occc2COc2ccccc2)CC1. The van der Waals surface area contributed by atoms with Crippen LogP contribution in [0.4, 0.5) is 0 Å². The number of rotatable bonds is 6. The molecule has 1 fully saturated rings. The van der Waals surface area contributed by atoms with Crippen LogP contribution in [0.2, 0.25) is 0 Å². The molecule has 1 amide bonds. The Kier molecular flexibility index (Phi) is 5.73. The number of hydrogen-bond acceptors (Lipinski definition) is 5. The lowest BCUT2D eigenvalue weighted by Crippen LogP contribution is -2.50. The number of hydrogen-bond donors (Lipinski definition) is 1. The number of aliphatic hydroxyl groups is 1. The van der Waals surface area contributed by atoms with Crippen LogP contribution in [-0.2, 0) is 6.61 Å². The minimum absolute atomic E-state index is 0.103. The number of benzene rings is 1. The average molecular weight is 344 g/mol. The highest BCUT2D eigenvalue weighted by molar-refractivity contribution is 5.93. The zero-order valence-corrected chi connectivity index (χ0v) is 14.4. The molecule has 25 heavy (non-hydrogen) atoms. The van der Waals surface area contributed by atoms with Crippen LogP contribution >= 0.6 is 0 Å². The third-order valence-corrected chi connectivity index (χ3v) is 4.26. The van der Waals surface area contributed by atoms with E-state index in [4.69, 9.17) is 9.15 Å².